The predicted molar refractivity (Wildman–Crippen MR) is 75.0 cm³/mol. The first kappa shape index (κ1) is 16.5. The van der Waals surface area contributed by atoms with Gasteiger partial charge in [0.15, 0.2) is 0 Å². The number of hydrogen-bond donors (Lipinski definition) is 1. The van der Waals surface area contributed by atoms with Crippen LogP contribution in [0.15, 0.2) is 48.6 Å². The van der Waals surface area contributed by atoms with Gasteiger partial charge in [0.25, 0.3) is 0 Å². The smallest absolute Gasteiger partial charge is 0.388 e. The van der Waals surface area contributed by atoms with Crippen LogP contribution in [-0.4, -0.2) is 17.4 Å². The molecule has 0 aliphatic heterocycles. The fraction of sp³-hybridized carbons (Fsp3) is 0.375. The second-order valence-electron chi connectivity index (χ2n) is 4.96. The molecule has 0 fully saturated rings. The van der Waals surface area contributed by atoms with Gasteiger partial charge in [-0.15, -0.1) is 0 Å². The Morgan fingerprint density at radius 2 is 1.60 bits per heavy atom. The van der Waals surface area contributed by atoms with Crippen molar-refractivity contribution in [3.8, 4) is 0 Å². The molecule has 1 aromatic rings. The lowest BCUT2D eigenvalue weighted by atomic mass is 9.98. The van der Waals surface area contributed by atoms with E-state index in [0.717, 1.165) is 11.6 Å². The number of alkyl halides is 3. The summed E-state index contributed by atoms with van der Waals surface area (Å²) in [6.45, 7) is 3.58. The molecule has 110 valence electrons. The summed E-state index contributed by atoms with van der Waals surface area (Å²) in [6.07, 6.45) is -0.899. The lowest BCUT2D eigenvalue weighted by molar-refractivity contribution is -0.178. The van der Waals surface area contributed by atoms with E-state index in [2.05, 4.69) is 0 Å². The minimum Gasteiger partial charge on any atom is -0.388 e. The van der Waals surface area contributed by atoms with Gasteiger partial charge in [0.1, 0.15) is 5.92 Å². The molecule has 1 nitrogen and oxygen atoms in total. The number of aliphatic hydroxyl groups excluding tert-OH is 1. The number of allylic oxidation sites excluding steroid dienone is 1. The first-order chi connectivity index (χ1) is 9.30. The second-order valence-corrected chi connectivity index (χ2v) is 4.96. The fourth-order valence-electron chi connectivity index (χ4n) is 1.65. The van der Waals surface area contributed by atoms with Crippen molar-refractivity contribution in [2.75, 3.05) is 0 Å². The minimum absolute atomic E-state index is 0.00477. The lowest BCUT2D eigenvalue weighted by Gasteiger charge is -2.20. The minimum atomic E-state index is -4.47. The predicted octanol–water partition coefficient (Wildman–Crippen LogP) is 4.45. The molecule has 0 aromatic heterocycles. The van der Waals surface area contributed by atoms with Crippen LogP contribution in [-0.2, 0) is 0 Å². The Hall–Kier alpha value is -1.55. The van der Waals surface area contributed by atoms with Gasteiger partial charge in [0, 0.05) is 0 Å². The van der Waals surface area contributed by atoms with Gasteiger partial charge < -0.3 is 5.11 Å². The Morgan fingerprint density at radius 1 is 1.00 bits per heavy atom. The molecule has 0 radical (unpaired) electrons. The molecule has 1 aromatic carbocycles. The van der Waals surface area contributed by atoms with Crippen LogP contribution in [0.25, 0.3) is 6.08 Å². The van der Waals surface area contributed by atoms with Gasteiger partial charge >= 0.3 is 6.18 Å². The molecule has 0 aliphatic rings. The number of halogens is 3. The summed E-state index contributed by atoms with van der Waals surface area (Å²) < 4.78 is 38.7. The molecule has 0 aliphatic carbocycles. The molecule has 1 N–H and O–H groups in total. The van der Waals surface area contributed by atoms with Crippen LogP contribution in [0.4, 0.5) is 13.2 Å². The quantitative estimate of drug-likeness (QED) is 0.792. The van der Waals surface area contributed by atoms with E-state index < -0.39 is 18.2 Å². The molecule has 20 heavy (non-hydrogen) atoms. The monoisotopic (exact) mass is 284 g/mol. The Bertz CT molecular complexity index is 447. The third-order valence-electron chi connectivity index (χ3n) is 2.73. The zero-order chi connectivity index (χ0) is 15.2. The Balaban J connectivity index is 2.83. The first-order valence-electron chi connectivity index (χ1n) is 6.47. The SMILES string of the molecule is CC(C)/C=C\[C@@H]([C@H](O)/C=C/c1ccccc1)C(F)(F)F. The van der Waals surface area contributed by atoms with Crippen molar-refractivity contribution in [3.05, 3.63) is 54.1 Å². The van der Waals surface area contributed by atoms with E-state index in [1.165, 1.54) is 18.2 Å². The zero-order valence-electron chi connectivity index (χ0n) is 11.5. The molecule has 0 heterocycles. The number of benzene rings is 1. The summed E-state index contributed by atoms with van der Waals surface area (Å²) in [7, 11) is 0. The van der Waals surface area contributed by atoms with E-state index >= 15 is 0 Å². The van der Waals surface area contributed by atoms with Gasteiger partial charge in [-0.25, -0.2) is 0 Å². The maximum Gasteiger partial charge on any atom is 0.397 e. The largest absolute Gasteiger partial charge is 0.397 e. The summed E-state index contributed by atoms with van der Waals surface area (Å²) in [4.78, 5) is 0. The highest BCUT2D eigenvalue weighted by Gasteiger charge is 2.41. The maximum absolute atomic E-state index is 12.9. The molecule has 1 rings (SSSR count). The molecular weight excluding hydrogens is 265 g/mol. The molecule has 0 unspecified atom stereocenters. The second kappa shape index (κ2) is 7.29. The topological polar surface area (TPSA) is 20.2 Å². The molecule has 0 saturated carbocycles. The molecule has 0 saturated heterocycles. The lowest BCUT2D eigenvalue weighted by Crippen LogP contribution is -2.31. The highest BCUT2D eigenvalue weighted by molar-refractivity contribution is 5.49. The van der Waals surface area contributed by atoms with E-state index in [4.69, 9.17) is 0 Å². The summed E-state index contributed by atoms with van der Waals surface area (Å²) >= 11 is 0. The molecule has 0 spiro atoms. The van der Waals surface area contributed by atoms with Gasteiger partial charge in [-0.1, -0.05) is 68.5 Å². The van der Waals surface area contributed by atoms with Gasteiger partial charge in [-0.3, -0.25) is 0 Å². The van der Waals surface area contributed by atoms with Crippen LogP contribution in [0.5, 0.6) is 0 Å². The summed E-state index contributed by atoms with van der Waals surface area (Å²) in [5.74, 6) is -1.88. The standard InChI is InChI=1S/C16H19F3O/c1-12(2)8-10-14(16(17,18)19)15(20)11-9-13-6-4-3-5-7-13/h3-12,14-15,20H,1-2H3/b10-8-,11-9+/t14-,15+/m0/s1. The van der Waals surface area contributed by atoms with E-state index in [1.54, 1.807) is 38.1 Å². The van der Waals surface area contributed by atoms with E-state index in [9.17, 15) is 18.3 Å². The molecule has 0 amide bonds. The van der Waals surface area contributed by atoms with Crippen LogP contribution >= 0.6 is 0 Å². The van der Waals surface area contributed by atoms with Crippen molar-refractivity contribution in [1.82, 2.24) is 0 Å². The van der Waals surface area contributed by atoms with Crippen molar-refractivity contribution in [1.29, 1.82) is 0 Å². The Kier molecular flexibility index (Phi) is 6.02. The average Bonchev–Trinajstić information content (AvgIpc) is 2.35. The average molecular weight is 284 g/mol. The fourth-order valence-corrected chi connectivity index (χ4v) is 1.65. The molecular formula is C16H19F3O. The van der Waals surface area contributed by atoms with Gasteiger partial charge in [-0.05, 0) is 11.5 Å². The van der Waals surface area contributed by atoms with Crippen molar-refractivity contribution in [2.45, 2.75) is 26.1 Å². The number of hydrogen-bond acceptors (Lipinski definition) is 1. The Labute approximate surface area is 117 Å². The van der Waals surface area contributed by atoms with Crippen molar-refractivity contribution < 1.29 is 18.3 Å². The van der Waals surface area contributed by atoms with Crippen LogP contribution in [0.2, 0.25) is 0 Å². The van der Waals surface area contributed by atoms with Gasteiger partial charge in [0.05, 0.1) is 6.10 Å². The van der Waals surface area contributed by atoms with E-state index in [-0.39, 0.29) is 5.92 Å². The van der Waals surface area contributed by atoms with Crippen molar-refractivity contribution in [2.24, 2.45) is 11.8 Å². The molecule has 4 heteroatoms. The normalized spacial score (nSPS) is 16.1. The number of rotatable bonds is 5. The number of aliphatic hydroxyl groups is 1. The van der Waals surface area contributed by atoms with Gasteiger partial charge in [0.2, 0.25) is 0 Å². The van der Waals surface area contributed by atoms with E-state index in [0.29, 0.717) is 0 Å². The summed E-state index contributed by atoms with van der Waals surface area (Å²) in [5, 5.41) is 9.76. The Morgan fingerprint density at radius 3 is 2.10 bits per heavy atom. The zero-order valence-corrected chi connectivity index (χ0v) is 11.5. The summed E-state index contributed by atoms with van der Waals surface area (Å²) in [5.41, 5.74) is 0.750. The third kappa shape index (κ3) is 5.61. The van der Waals surface area contributed by atoms with E-state index in [1.807, 2.05) is 6.07 Å². The van der Waals surface area contributed by atoms with Gasteiger partial charge in [-0.2, -0.15) is 13.2 Å². The highest BCUT2D eigenvalue weighted by atomic mass is 19.4. The van der Waals surface area contributed by atoms with Crippen LogP contribution in [0.3, 0.4) is 0 Å². The summed E-state index contributed by atoms with van der Waals surface area (Å²) in [6, 6.07) is 8.90. The van der Waals surface area contributed by atoms with Crippen molar-refractivity contribution >= 4 is 6.08 Å². The van der Waals surface area contributed by atoms with Crippen molar-refractivity contribution in [3.63, 3.8) is 0 Å². The van der Waals surface area contributed by atoms with Crippen LogP contribution in [0.1, 0.15) is 19.4 Å². The van der Waals surface area contributed by atoms with Crippen LogP contribution < -0.4 is 0 Å². The van der Waals surface area contributed by atoms with Crippen LogP contribution in [0, 0.1) is 11.8 Å². The third-order valence-corrected chi connectivity index (χ3v) is 2.73. The molecule has 0 bridgehead atoms. The highest BCUT2D eigenvalue weighted by Crippen LogP contribution is 2.31. The maximum atomic E-state index is 12.9. The molecule has 2 atom stereocenters. The first-order valence-corrected chi connectivity index (χ1v) is 6.47.